The number of carbonyl (C=O) groups is 3. The zero-order valence-corrected chi connectivity index (χ0v) is 22.0. The standard InChI is InChI=1S/C27H49NO6/c1-5-9-10-11-12-13-14-15-16-17-18-28(19-22(6-2)25(29)30,20-23(7-3)26(31)32)21-24(8-4)27(33)34/h17-18,22-24H,5-16,19-21H2,1-4H3,(H2-,29,30,31,32,33,34)/b18-17+. The van der Waals surface area contributed by atoms with Crippen LogP contribution in [-0.4, -0.2) is 52.2 Å². The fourth-order valence-corrected chi connectivity index (χ4v) is 4.55. The SMILES string of the molecule is CCCCCCCCCC/C=C/[N+](CC(CC)C(=O)[O-])(CC(CC)C(=O)O)CC(CC)C(=O)O. The minimum atomic E-state index is -1.17. The van der Waals surface area contributed by atoms with Crippen molar-refractivity contribution in [2.24, 2.45) is 17.8 Å². The van der Waals surface area contributed by atoms with Crippen molar-refractivity contribution in [3.05, 3.63) is 12.3 Å². The molecule has 34 heavy (non-hydrogen) atoms. The quantitative estimate of drug-likeness (QED) is 0.168. The number of nitrogens with zero attached hydrogens (tertiary/aromatic N) is 1. The van der Waals surface area contributed by atoms with E-state index in [9.17, 15) is 29.7 Å². The fraction of sp³-hybridized carbons (Fsp3) is 0.815. The number of rotatable bonds is 22. The highest BCUT2D eigenvalue weighted by molar-refractivity contribution is 5.71. The predicted molar refractivity (Wildman–Crippen MR) is 133 cm³/mol. The molecule has 0 heterocycles. The van der Waals surface area contributed by atoms with Crippen molar-refractivity contribution in [2.45, 2.75) is 105 Å². The van der Waals surface area contributed by atoms with Crippen molar-refractivity contribution >= 4 is 17.9 Å². The maximum absolute atomic E-state index is 11.9. The first kappa shape index (κ1) is 32.1. The van der Waals surface area contributed by atoms with Crippen LogP contribution >= 0.6 is 0 Å². The van der Waals surface area contributed by atoms with Crippen molar-refractivity contribution in [3.8, 4) is 0 Å². The molecule has 0 amide bonds. The van der Waals surface area contributed by atoms with Crippen LogP contribution < -0.4 is 5.11 Å². The molecule has 0 aliphatic carbocycles. The Balaban J connectivity index is 5.59. The molecular weight excluding hydrogens is 434 g/mol. The number of aliphatic carboxylic acids is 3. The molecule has 198 valence electrons. The van der Waals surface area contributed by atoms with Gasteiger partial charge in [0.1, 0.15) is 11.8 Å². The molecular formula is C27H49NO6. The lowest BCUT2D eigenvalue weighted by Gasteiger charge is -2.41. The van der Waals surface area contributed by atoms with Gasteiger partial charge in [0.25, 0.3) is 0 Å². The van der Waals surface area contributed by atoms with Crippen LogP contribution in [0.25, 0.3) is 0 Å². The Bertz CT molecular complexity index is 558. The van der Waals surface area contributed by atoms with Crippen LogP contribution in [0, 0.1) is 17.8 Å². The summed E-state index contributed by atoms with van der Waals surface area (Å²) in [6.45, 7) is 8.05. The van der Waals surface area contributed by atoms with Gasteiger partial charge in [0.15, 0.2) is 0 Å². The van der Waals surface area contributed by atoms with Crippen molar-refractivity contribution < 1.29 is 34.2 Å². The summed E-state index contributed by atoms with van der Waals surface area (Å²) in [5.74, 6) is -5.19. The topological polar surface area (TPSA) is 115 Å². The summed E-state index contributed by atoms with van der Waals surface area (Å²) in [6.07, 6.45) is 15.5. The molecule has 7 nitrogen and oxygen atoms in total. The normalized spacial score (nSPS) is 16.1. The van der Waals surface area contributed by atoms with Gasteiger partial charge in [0, 0.05) is 5.92 Å². The van der Waals surface area contributed by atoms with E-state index in [1.807, 2.05) is 12.3 Å². The number of hydrogen-bond acceptors (Lipinski definition) is 4. The average Bonchev–Trinajstić information content (AvgIpc) is 2.79. The van der Waals surface area contributed by atoms with Crippen LogP contribution in [0.15, 0.2) is 12.3 Å². The van der Waals surface area contributed by atoms with E-state index < -0.39 is 35.7 Å². The van der Waals surface area contributed by atoms with E-state index in [2.05, 4.69) is 6.92 Å². The molecule has 0 fully saturated rings. The maximum atomic E-state index is 11.9. The second-order valence-corrected chi connectivity index (χ2v) is 9.73. The number of quaternary nitrogens is 1. The van der Waals surface area contributed by atoms with E-state index in [1.165, 1.54) is 38.5 Å². The van der Waals surface area contributed by atoms with Gasteiger partial charge in [-0.05, 0) is 38.2 Å². The lowest BCUT2D eigenvalue weighted by molar-refractivity contribution is -0.887. The molecule has 0 aromatic heterocycles. The first-order valence-corrected chi connectivity index (χ1v) is 13.4. The molecule has 0 rings (SSSR count). The zero-order chi connectivity index (χ0) is 26.0. The monoisotopic (exact) mass is 483 g/mol. The number of carboxylic acid groups (broad SMARTS) is 3. The number of carboxylic acids is 3. The van der Waals surface area contributed by atoms with Crippen LogP contribution in [0.3, 0.4) is 0 Å². The largest absolute Gasteiger partial charge is 0.550 e. The molecule has 0 saturated carbocycles. The number of carbonyl (C=O) groups excluding carboxylic acids is 1. The lowest BCUT2D eigenvalue weighted by Crippen LogP contribution is -2.55. The molecule has 0 aliphatic rings. The fourth-order valence-electron chi connectivity index (χ4n) is 4.55. The van der Waals surface area contributed by atoms with Crippen LogP contribution in [0.2, 0.25) is 0 Å². The average molecular weight is 484 g/mol. The summed E-state index contributed by atoms with van der Waals surface area (Å²) in [6, 6.07) is 0. The van der Waals surface area contributed by atoms with Crippen LogP contribution in [-0.2, 0) is 14.4 Å². The molecule has 3 unspecified atom stereocenters. The van der Waals surface area contributed by atoms with Crippen molar-refractivity contribution in [1.82, 2.24) is 0 Å². The van der Waals surface area contributed by atoms with E-state index in [4.69, 9.17) is 0 Å². The Hall–Kier alpha value is -1.89. The third-order valence-corrected chi connectivity index (χ3v) is 6.91. The molecule has 2 N–H and O–H groups in total. The number of allylic oxidation sites excluding steroid dienone is 1. The molecule has 0 aromatic carbocycles. The van der Waals surface area contributed by atoms with Gasteiger partial charge in [0.2, 0.25) is 0 Å². The van der Waals surface area contributed by atoms with Crippen molar-refractivity contribution in [2.75, 3.05) is 19.6 Å². The maximum Gasteiger partial charge on any atom is 0.312 e. The molecule has 0 bridgehead atoms. The predicted octanol–water partition coefficient (Wildman–Crippen LogP) is 4.85. The highest BCUT2D eigenvalue weighted by Gasteiger charge is 2.38. The molecule has 0 aromatic rings. The Morgan fingerprint density at radius 3 is 1.50 bits per heavy atom. The first-order valence-electron chi connectivity index (χ1n) is 13.4. The Labute approximate surface area is 206 Å². The molecule has 0 spiro atoms. The highest BCUT2D eigenvalue weighted by Crippen LogP contribution is 2.25. The summed E-state index contributed by atoms with van der Waals surface area (Å²) in [4.78, 5) is 35.5. The van der Waals surface area contributed by atoms with Gasteiger partial charge in [-0.1, -0.05) is 72.6 Å². The molecule has 0 radical (unpaired) electrons. The first-order chi connectivity index (χ1) is 16.2. The smallest absolute Gasteiger partial charge is 0.312 e. The van der Waals surface area contributed by atoms with Gasteiger partial charge in [-0.3, -0.25) is 14.1 Å². The molecule has 7 heteroatoms. The van der Waals surface area contributed by atoms with Crippen molar-refractivity contribution in [3.63, 3.8) is 0 Å². The Kier molecular flexibility index (Phi) is 17.4. The minimum Gasteiger partial charge on any atom is -0.550 e. The van der Waals surface area contributed by atoms with Gasteiger partial charge < -0.3 is 20.1 Å². The van der Waals surface area contributed by atoms with Gasteiger partial charge in [0.05, 0.1) is 31.8 Å². The van der Waals surface area contributed by atoms with Gasteiger partial charge in [-0.15, -0.1) is 0 Å². The third kappa shape index (κ3) is 13.1. The van der Waals surface area contributed by atoms with Gasteiger partial charge in [-0.25, -0.2) is 0 Å². The molecule has 0 saturated heterocycles. The van der Waals surface area contributed by atoms with Crippen LogP contribution in [0.4, 0.5) is 0 Å². The van der Waals surface area contributed by atoms with E-state index >= 15 is 0 Å². The van der Waals surface area contributed by atoms with Crippen molar-refractivity contribution in [1.29, 1.82) is 0 Å². The molecule has 0 aliphatic heterocycles. The lowest BCUT2D eigenvalue weighted by atomic mass is 9.96. The Morgan fingerprint density at radius 1 is 0.706 bits per heavy atom. The highest BCUT2D eigenvalue weighted by atomic mass is 16.4. The third-order valence-electron chi connectivity index (χ3n) is 6.91. The Morgan fingerprint density at radius 2 is 1.12 bits per heavy atom. The van der Waals surface area contributed by atoms with Crippen LogP contribution in [0.5, 0.6) is 0 Å². The van der Waals surface area contributed by atoms with E-state index in [-0.39, 0.29) is 24.1 Å². The summed E-state index contributed by atoms with van der Waals surface area (Å²) in [7, 11) is 0. The van der Waals surface area contributed by atoms with Gasteiger partial charge >= 0.3 is 11.9 Å². The zero-order valence-electron chi connectivity index (χ0n) is 22.0. The number of unbranched alkanes of at least 4 members (excludes halogenated alkanes) is 8. The summed E-state index contributed by atoms with van der Waals surface area (Å²) >= 11 is 0. The van der Waals surface area contributed by atoms with Gasteiger partial charge in [-0.2, -0.15) is 0 Å². The van der Waals surface area contributed by atoms with Crippen LogP contribution in [0.1, 0.15) is 105 Å². The summed E-state index contributed by atoms with van der Waals surface area (Å²) in [5, 5.41) is 31.2. The summed E-state index contributed by atoms with van der Waals surface area (Å²) in [5.41, 5.74) is 0. The van der Waals surface area contributed by atoms with E-state index in [0.717, 1.165) is 19.3 Å². The minimum absolute atomic E-state index is 0.0408. The van der Waals surface area contributed by atoms with E-state index in [1.54, 1.807) is 20.8 Å². The van der Waals surface area contributed by atoms with E-state index in [0.29, 0.717) is 19.3 Å². The number of hydrogen-bond donors (Lipinski definition) is 2. The molecule has 3 atom stereocenters. The second-order valence-electron chi connectivity index (χ2n) is 9.73. The second kappa shape index (κ2) is 18.4. The summed E-state index contributed by atoms with van der Waals surface area (Å²) < 4.78 is 0.0408.